The molecule has 0 aromatic rings. The molecule has 0 atom stereocenters. The van der Waals surface area contributed by atoms with Crippen LogP contribution in [-0.4, -0.2) is 41.0 Å². The third-order valence-electron chi connectivity index (χ3n) is 1.03. The van der Waals surface area contributed by atoms with Crippen LogP contribution in [0.3, 0.4) is 0 Å². The van der Waals surface area contributed by atoms with Crippen LogP contribution >= 0.6 is 0 Å². The second-order valence-electron chi connectivity index (χ2n) is 2.38. The van der Waals surface area contributed by atoms with Gasteiger partial charge in [-0.25, -0.2) is 13.1 Å². The number of hydrogen-bond donors (Lipinski definition) is 1. The van der Waals surface area contributed by atoms with Crippen molar-refractivity contribution < 1.29 is 8.42 Å². The van der Waals surface area contributed by atoms with E-state index in [2.05, 4.69) is 4.72 Å². The molecular formula is C6H14N2O2S. The van der Waals surface area contributed by atoms with E-state index in [1.807, 2.05) is 19.0 Å². The lowest BCUT2D eigenvalue weighted by molar-refractivity contribution is 0.456. The monoisotopic (exact) mass is 178 g/mol. The van der Waals surface area contributed by atoms with Gasteiger partial charge in [-0.1, -0.05) is 6.08 Å². The molecule has 0 saturated heterocycles. The second kappa shape index (κ2) is 4.48. The number of nitrogens with zero attached hydrogens (tertiary/aromatic N) is 1. The fourth-order valence-electron chi connectivity index (χ4n) is 0.449. The van der Waals surface area contributed by atoms with Gasteiger partial charge in [-0.15, -0.1) is 0 Å². The van der Waals surface area contributed by atoms with E-state index in [1.165, 1.54) is 7.05 Å². The number of rotatable bonds is 4. The van der Waals surface area contributed by atoms with E-state index in [9.17, 15) is 8.42 Å². The lowest BCUT2D eigenvalue weighted by Gasteiger charge is -2.03. The van der Waals surface area contributed by atoms with Gasteiger partial charge in [-0.2, -0.15) is 0 Å². The Labute approximate surface area is 67.9 Å². The van der Waals surface area contributed by atoms with Crippen LogP contribution in [0.2, 0.25) is 0 Å². The van der Waals surface area contributed by atoms with Gasteiger partial charge in [0.25, 0.3) is 0 Å². The molecular weight excluding hydrogens is 164 g/mol. The molecule has 0 aromatic carbocycles. The molecule has 5 heteroatoms. The van der Waals surface area contributed by atoms with E-state index in [4.69, 9.17) is 0 Å². The van der Waals surface area contributed by atoms with Crippen molar-refractivity contribution in [3.63, 3.8) is 0 Å². The third-order valence-corrected chi connectivity index (χ3v) is 2.15. The summed E-state index contributed by atoms with van der Waals surface area (Å²) < 4.78 is 23.7. The summed E-state index contributed by atoms with van der Waals surface area (Å²) in [7, 11) is 1.95. The first-order valence-corrected chi connectivity index (χ1v) is 4.77. The molecule has 66 valence electrons. The third kappa shape index (κ3) is 6.03. The summed E-state index contributed by atoms with van der Waals surface area (Å²) in [6, 6.07) is 0. The fraction of sp³-hybridized carbons (Fsp3) is 0.667. The van der Waals surface area contributed by atoms with Crippen molar-refractivity contribution in [2.75, 3.05) is 27.7 Å². The highest BCUT2D eigenvalue weighted by atomic mass is 32.2. The van der Waals surface area contributed by atoms with E-state index in [0.717, 1.165) is 5.41 Å². The number of likely N-dealkylation sites (N-methyl/N-ethyl adjacent to an activating group) is 1. The predicted octanol–water partition coefficient (Wildman–Crippen LogP) is -0.389. The average molecular weight is 178 g/mol. The van der Waals surface area contributed by atoms with Crippen LogP contribution in [0.15, 0.2) is 11.5 Å². The molecule has 0 fully saturated rings. The molecule has 0 aromatic heterocycles. The zero-order valence-corrected chi connectivity index (χ0v) is 7.85. The van der Waals surface area contributed by atoms with E-state index in [-0.39, 0.29) is 0 Å². The molecule has 0 amide bonds. The molecule has 0 aliphatic carbocycles. The molecule has 0 radical (unpaired) electrons. The summed E-state index contributed by atoms with van der Waals surface area (Å²) in [6.07, 6.45) is 1.59. The highest BCUT2D eigenvalue weighted by molar-refractivity contribution is 7.92. The molecule has 0 saturated carbocycles. The second-order valence-corrected chi connectivity index (χ2v) is 4.15. The minimum absolute atomic E-state index is 0.626. The van der Waals surface area contributed by atoms with Crippen LogP contribution < -0.4 is 4.72 Å². The first kappa shape index (κ1) is 10.6. The Bertz CT molecular complexity index is 219. The van der Waals surface area contributed by atoms with Gasteiger partial charge in [0.15, 0.2) is 0 Å². The van der Waals surface area contributed by atoms with Gasteiger partial charge in [0, 0.05) is 12.0 Å². The standard InChI is InChI=1S/C6H14N2O2S/c1-7-11(9,10)6-4-5-8(2)3/h4,6-7H,5H2,1-3H3/b6-4+. The smallest absolute Gasteiger partial charge is 0.233 e. The molecule has 0 bridgehead atoms. The van der Waals surface area contributed by atoms with Gasteiger partial charge in [-0.3, -0.25) is 0 Å². The Balaban J connectivity index is 3.94. The largest absolute Gasteiger partial charge is 0.306 e. The number of sulfonamides is 1. The molecule has 0 aliphatic heterocycles. The highest BCUT2D eigenvalue weighted by Crippen LogP contribution is 1.85. The van der Waals surface area contributed by atoms with Crippen molar-refractivity contribution in [1.82, 2.24) is 9.62 Å². The van der Waals surface area contributed by atoms with E-state index < -0.39 is 10.0 Å². The first-order chi connectivity index (χ1) is 4.98. The van der Waals surface area contributed by atoms with Crippen molar-refractivity contribution in [3.8, 4) is 0 Å². The van der Waals surface area contributed by atoms with Crippen molar-refractivity contribution in [1.29, 1.82) is 0 Å². The molecule has 1 N–H and O–H groups in total. The Hall–Kier alpha value is -0.390. The average Bonchev–Trinajstić information content (AvgIpc) is 1.87. The van der Waals surface area contributed by atoms with Crippen LogP contribution in [0.25, 0.3) is 0 Å². The van der Waals surface area contributed by atoms with E-state index >= 15 is 0 Å². The van der Waals surface area contributed by atoms with Gasteiger partial charge in [0.2, 0.25) is 10.0 Å². The summed E-state index contributed by atoms with van der Waals surface area (Å²) in [5.74, 6) is 0. The van der Waals surface area contributed by atoms with Crippen molar-refractivity contribution in [2.45, 2.75) is 0 Å². The fourth-order valence-corrected chi connectivity index (χ4v) is 0.924. The van der Waals surface area contributed by atoms with Crippen molar-refractivity contribution >= 4 is 10.0 Å². The molecule has 0 spiro atoms. The van der Waals surface area contributed by atoms with Crippen LogP contribution in [0.1, 0.15) is 0 Å². The predicted molar refractivity (Wildman–Crippen MR) is 45.7 cm³/mol. The quantitative estimate of drug-likeness (QED) is 0.638. The van der Waals surface area contributed by atoms with Gasteiger partial charge in [0.05, 0.1) is 0 Å². The number of hydrogen-bond acceptors (Lipinski definition) is 3. The minimum atomic E-state index is -3.17. The minimum Gasteiger partial charge on any atom is -0.306 e. The lowest BCUT2D eigenvalue weighted by atomic mass is 10.6. The maximum atomic E-state index is 10.8. The van der Waals surface area contributed by atoms with Gasteiger partial charge in [-0.05, 0) is 21.1 Å². The van der Waals surface area contributed by atoms with Gasteiger partial charge < -0.3 is 4.90 Å². The summed E-state index contributed by atoms with van der Waals surface area (Å²) in [6.45, 7) is 0.626. The molecule has 0 heterocycles. The molecule has 0 rings (SSSR count). The lowest BCUT2D eigenvalue weighted by Crippen LogP contribution is -2.16. The molecule has 4 nitrogen and oxygen atoms in total. The van der Waals surface area contributed by atoms with Gasteiger partial charge >= 0.3 is 0 Å². The maximum Gasteiger partial charge on any atom is 0.233 e. The maximum absolute atomic E-state index is 10.8. The van der Waals surface area contributed by atoms with Crippen LogP contribution in [-0.2, 0) is 10.0 Å². The Kier molecular flexibility index (Phi) is 4.32. The highest BCUT2D eigenvalue weighted by Gasteiger charge is 1.97. The molecule has 0 aliphatic rings. The van der Waals surface area contributed by atoms with Gasteiger partial charge in [0.1, 0.15) is 0 Å². The van der Waals surface area contributed by atoms with E-state index in [0.29, 0.717) is 6.54 Å². The summed E-state index contributed by atoms with van der Waals surface area (Å²) in [5, 5.41) is 1.16. The van der Waals surface area contributed by atoms with Crippen molar-refractivity contribution in [2.24, 2.45) is 0 Å². The zero-order valence-electron chi connectivity index (χ0n) is 7.03. The topological polar surface area (TPSA) is 49.4 Å². The Morgan fingerprint density at radius 3 is 2.36 bits per heavy atom. The Morgan fingerprint density at radius 1 is 1.45 bits per heavy atom. The number of nitrogens with one attached hydrogen (secondary N) is 1. The van der Waals surface area contributed by atoms with Crippen molar-refractivity contribution in [3.05, 3.63) is 11.5 Å². The SMILES string of the molecule is CNS(=O)(=O)/C=C/CN(C)C. The normalized spacial score (nSPS) is 13.1. The van der Waals surface area contributed by atoms with Crippen LogP contribution in [0, 0.1) is 0 Å². The first-order valence-electron chi connectivity index (χ1n) is 3.23. The summed E-state index contributed by atoms with van der Waals surface area (Å²) >= 11 is 0. The summed E-state index contributed by atoms with van der Waals surface area (Å²) in [4.78, 5) is 1.88. The Morgan fingerprint density at radius 2 is 2.00 bits per heavy atom. The van der Waals surface area contributed by atoms with E-state index in [1.54, 1.807) is 6.08 Å². The van der Waals surface area contributed by atoms with Crippen LogP contribution in [0.5, 0.6) is 0 Å². The summed E-state index contributed by atoms with van der Waals surface area (Å²) in [5.41, 5.74) is 0. The zero-order chi connectivity index (χ0) is 8.91. The van der Waals surface area contributed by atoms with Crippen LogP contribution in [0.4, 0.5) is 0 Å². The molecule has 11 heavy (non-hydrogen) atoms. The molecule has 0 unspecified atom stereocenters.